The molecule has 1 aliphatic rings. The summed E-state index contributed by atoms with van der Waals surface area (Å²) in [6.45, 7) is 1.89. The van der Waals surface area contributed by atoms with Crippen LogP contribution in [0.25, 0.3) is 5.03 Å². The Morgan fingerprint density at radius 1 is 1.25 bits per heavy atom. The first-order valence-corrected chi connectivity index (χ1v) is 9.44. The number of benzene rings is 2. The van der Waals surface area contributed by atoms with Crippen LogP contribution in [0.15, 0.2) is 65.8 Å². The standard InChI is InChI=1S/C23H21ClN2O2/c1-15(16-6-4-3-5-7-16)26-23(27)19(14-25)12-18-9-8-17-13-20(28-2)10-11-21(17)22(18)24/h3-7,10-13,15H,8-9H2,1-2H3,(H,26,27)/b19-12+/t15-/m1/s1. The summed E-state index contributed by atoms with van der Waals surface area (Å²) in [6, 6.07) is 17.2. The SMILES string of the molecule is COc1ccc2c(c1)CCC(/C=C(\C#N)C(=O)N[C@H](C)c1ccccc1)=C2Cl. The van der Waals surface area contributed by atoms with Gasteiger partial charge in [0.25, 0.3) is 5.91 Å². The number of halogens is 1. The van der Waals surface area contributed by atoms with Crippen LogP contribution in [0.2, 0.25) is 0 Å². The zero-order chi connectivity index (χ0) is 20.1. The highest BCUT2D eigenvalue weighted by Gasteiger charge is 2.20. The minimum Gasteiger partial charge on any atom is -0.497 e. The number of nitriles is 1. The van der Waals surface area contributed by atoms with Crippen LogP contribution in [0.3, 0.4) is 0 Å². The maximum atomic E-state index is 12.6. The van der Waals surface area contributed by atoms with Crippen LogP contribution in [-0.4, -0.2) is 13.0 Å². The van der Waals surface area contributed by atoms with Crippen molar-refractivity contribution in [2.24, 2.45) is 0 Å². The van der Waals surface area contributed by atoms with Crippen LogP contribution in [0.5, 0.6) is 5.75 Å². The highest BCUT2D eigenvalue weighted by Crippen LogP contribution is 2.36. The number of hydrogen-bond acceptors (Lipinski definition) is 3. The largest absolute Gasteiger partial charge is 0.497 e. The monoisotopic (exact) mass is 392 g/mol. The van der Waals surface area contributed by atoms with Crippen molar-refractivity contribution in [2.75, 3.05) is 7.11 Å². The molecule has 0 heterocycles. The Kier molecular flexibility index (Phi) is 6.18. The van der Waals surface area contributed by atoms with Gasteiger partial charge in [-0.3, -0.25) is 4.79 Å². The van der Waals surface area contributed by atoms with E-state index in [0.29, 0.717) is 11.5 Å². The Morgan fingerprint density at radius 2 is 2.00 bits per heavy atom. The van der Waals surface area contributed by atoms with E-state index in [1.165, 1.54) is 0 Å². The van der Waals surface area contributed by atoms with Crippen molar-refractivity contribution in [3.8, 4) is 11.8 Å². The molecule has 5 heteroatoms. The summed E-state index contributed by atoms with van der Waals surface area (Å²) in [5.74, 6) is 0.380. The van der Waals surface area contributed by atoms with Gasteiger partial charge in [-0.25, -0.2) is 0 Å². The summed E-state index contributed by atoms with van der Waals surface area (Å²) in [6.07, 6.45) is 3.03. The minimum atomic E-state index is -0.406. The molecule has 0 unspecified atom stereocenters. The van der Waals surface area contributed by atoms with E-state index in [1.807, 2.05) is 61.5 Å². The van der Waals surface area contributed by atoms with Gasteiger partial charge in [0.15, 0.2) is 0 Å². The van der Waals surface area contributed by atoms with Gasteiger partial charge in [-0.05, 0) is 66.3 Å². The molecular formula is C23H21ClN2O2. The zero-order valence-corrected chi connectivity index (χ0v) is 16.6. The van der Waals surface area contributed by atoms with Crippen LogP contribution >= 0.6 is 11.6 Å². The number of ether oxygens (including phenoxy) is 1. The molecule has 2 aromatic carbocycles. The molecule has 28 heavy (non-hydrogen) atoms. The second-order valence-electron chi connectivity index (χ2n) is 6.64. The van der Waals surface area contributed by atoms with Crippen LogP contribution in [0, 0.1) is 11.3 Å². The van der Waals surface area contributed by atoms with Crippen molar-refractivity contribution < 1.29 is 9.53 Å². The molecule has 1 atom stereocenters. The Bertz CT molecular complexity index is 987. The van der Waals surface area contributed by atoms with Crippen LogP contribution in [-0.2, 0) is 11.2 Å². The van der Waals surface area contributed by atoms with Crippen molar-refractivity contribution in [1.29, 1.82) is 5.26 Å². The topological polar surface area (TPSA) is 62.1 Å². The maximum Gasteiger partial charge on any atom is 0.262 e. The van der Waals surface area contributed by atoms with E-state index in [1.54, 1.807) is 13.2 Å². The molecule has 0 radical (unpaired) electrons. The number of methoxy groups -OCH3 is 1. The van der Waals surface area contributed by atoms with E-state index in [4.69, 9.17) is 16.3 Å². The molecule has 0 spiro atoms. The Morgan fingerprint density at radius 3 is 2.68 bits per heavy atom. The fraction of sp³-hybridized carbons (Fsp3) is 0.217. The predicted octanol–water partition coefficient (Wildman–Crippen LogP) is 4.92. The number of rotatable bonds is 5. The van der Waals surface area contributed by atoms with Crippen LogP contribution in [0.4, 0.5) is 0 Å². The Hall–Kier alpha value is -3.03. The van der Waals surface area contributed by atoms with Crippen molar-refractivity contribution in [3.63, 3.8) is 0 Å². The average molecular weight is 393 g/mol. The molecule has 1 amide bonds. The van der Waals surface area contributed by atoms with E-state index in [2.05, 4.69) is 5.32 Å². The molecule has 0 saturated carbocycles. The summed E-state index contributed by atoms with van der Waals surface area (Å²) in [4.78, 5) is 12.6. The smallest absolute Gasteiger partial charge is 0.262 e. The van der Waals surface area contributed by atoms with Crippen molar-refractivity contribution in [1.82, 2.24) is 5.32 Å². The molecule has 1 N–H and O–H groups in total. The molecule has 0 fully saturated rings. The Labute approximate surface area is 170 Å². The van der Waals surface area contributed by atoms with Gasteiger partial charge in [-0.15, -0.1) is 0 Å². The third-order valence-corrected chi connectivity index (χ3v) is 5.27. The summed E-state index contributed by atoms with van der Waals surface area (Å²) < 4.78 is 5.26. The number of nitrogens with one attached hydrogen (secondary N) is 1. The number of nitrogens with zero attached hydrogens (tertiary/aromatic N) is 1. The number of allylic oxidation sites excluding steroid dienone is 2. The minimum absolute atomic E-state index is 0.0490. The van der Waals surface area contributed by atoms with Crippen molar-refractivity contribution in [3.05, 3.63) is 82.4 Å². The molecule has 0 saturated heterocycles. The molecule has 0 aliphatic heterocycles. The normalized spacial score (nSPS) is 14.7. The molecule has 1 aliphatic carbocycles. The number of carbonyl (C=O) groups excluding carboxylic acids is 1. The van der Waals surface area contributed by atoms with E-state index >= 15 is 0 Å². The fourth-order valence-electron chi connectivity index (χ4n) is 3.23. The highest BCUT2D eigenvalue weighted by atomic mass is 35.5. The maximum absolute atomic E-state index is 12.6. The van der Waals surface area contributed by atoms with E-state index in [0.717, 1.165) is 34.4 Å². The van der Waals surface area contributed by atoms with Crippen molar-refractivity contribution >= 4 is 22.5 Å². The predicted molar refractivity (Wildman–Crippen MR) is 111 cm³/mol. The van der Waals surface area contributed by atoms with Gasteiger partial charge >= 0.3 is 0 Å². The first-order valence-electron chi connectivity index (χ1n) is 9.07. The number of hydrogen-bond donors (Lipinski definition) is 1. The molecule has 2 aromatic rings. The summed E-state index contributed by atoms with van der Waals surface area (Å²) in [5, 5.41) is 12.9. The van der Waals surface area contributed by atoms with Gasteiger partial charge < -0.3 is 10.1 Å². The van der Waals surface area contributed by atoms with Gasteiger partial charge in [0.1, 0.15) is 17.4 Å². The second kappa shape index (κ2) is 8.77. The molecule has 0 bridgehead atoms. The first kappa shape index (κ1) is 19.7. The third kappa shape index (κ3) is 4.27. The molecule has 142 valence electrons. The summed E-state index contributed by atoms with van der Waals surface area (Å²) in [7, 11) is 1.63. The van der Waals surface area contributed by atoms with Gasteiger partial charge in [0, 0.05) is 0 Å². The molecule has 3 rings (SSSR count). The van der Waals surface area contributed by atoms with Crippen LogP contribution < -0.4 is 10.1 Å². The Balaban J connectivity index is 1.83. The lowest BCUT2D eigenvalue weighted by atomic mass is 9.90. The lowest BCUT2D eigenvalue weighted by Crippen LogP contribution is -2.27. The molecule has 4 nitrogen and oxygen atoms in total. The first-order chi connectivity index (χ1) is 13.5. The summed E-state index contributed by atoms with van der Waals surface area (Å²) >= 11 is 6.57. The van der Waals surface area contributed by atoms with Gasteiger partial charge in [-0.2, -0.15) is 5.26 Å². The van der Waals surface area contributed by atoms with Gasteiger partial charge in [0.2, 0.25) is 0 Å². The lowest BCUT2D eigenvalue weighted by molar-refractivity contribution is -0.117. The van der Waals surface area contributed by atoms with Crippen LogP contribution in [0.1, 0.15) is 36.1 Å². The third-order valence-electron chi connectivity index (χ3n) is 4.83. The highest BCUT2D eigenvalue weighted by molar-refractivity contribution is 6.49. The van der Waals surface area contributed by atoms with E-state index < -0.39 is 5.91 Å². The summed E-state index contributed by atoms with van der Waals surface area (Å²) in [5.41, 5.74) is 3.83. The van der Waals surface area contributed by atoms with Gasteiger partial charge in [0.05, 0.1) is 18.2 Å². The van der Waals surface area contributed by atoms with Crippen molar-refractivity contribution in [2.45, 2.75) is 25.8 Å². The molecule has 0 aromatic heterocycles. The van der Waals surface area contributed by atoms with Gasteiger partial charge in [-0.1, -0.05) is 41.9 Å². The zero-order valence-electron chi connectivity index (χ0n) is 15.8. The fourth-order valence-corrected chi connectivity index (χ4v) is 3.56. The second-order valence-corrected chi connectivity index (χ2v) is 7.02. The van der Waals surface area contributed by atoms with E-state index in [-0.39, 0.29) is 11.6 Å². The number of amides is 1. The number of carbonyl (C=O) groups is 1. The van der Waals surface area contributed by atoms with E-state index in [9.17, 15) is 10.1 Å². The lowest BCUT2D eigenvalue weighted by Gasteiger charge is -2.19. The quantitative estimate of drug-likeness (QED) is 0.580. The average Bonchev–Trinajstić information content (AvgIpc) is 2.73. The molecular weight excluding hydrogens is 372 g/mol. The number of fused-ring (bicyclic) bond motifs is 1. The number of aryl methyl sites for hydroxylation is 1.